The molecule has 0 aromatic carbocycles. The summed E-state index contributed by atoms with van der Waals surface area (Å²) in [5.41, 5.74) is 0. The number of hydrogen-bond donors (Lipinski definition) is 2. The Balaban J connectivity index is 0.00000338. The Morgan fingerprint density at radius 2 is 1.96 bits per heavy atom. The van der Waals surface area contributed by atoms with Gasteiger partial charge in [0.25, 0.3) is 0 Å². The zero-order valence-electron chi connectivity index (χ0n) is 16.8. The maximum Gasteiger partial charge on any atom is 0.191 e. The van der Waals surface area contributed by atoms with E-state index in [0.29, 0.717) is 18.0 Å². The van der Waals surface area contributed by atoms with Gasteiger partial charge in [0.05, 0.1) is 0 Å². The summed E-state index contributed by atoms with van der Waals surface area (Å²) >= 11 is 1.70. The molecule has 0 radical (unpaired) electrons. The lowest BCUT2D eigenvalue weighted by Crippen LogP contribution is -2.44. The average molecular weight is 494 g/mol. The van der Waals surface area contributed by atoms with Gasteiger partial charge in [-0.3, -0.25) is 4.99 Å². The molecular formula is C18H35IN6S. The Kier molecular flexibility index (Phi) is 10.9. The Morgan fingerprint density at radius 1 is 1.27 bits per heavy atom. The highest BCUT2D eigenvalue weighted by molar-refractivity contribution is 14.0. The molecule has 1 heterocycles. The first-order chi connectivity index (χ1) is 12.1. The van der Waals surface area contributed by atoms with E-state index in [0.717, 1.165) is 36.3 Å². The van der Waals surface area contributed by atoms with E-state index >= 15 is 0 Å². The van der Waals surface area contributed by atoms with Crippen LogP contribution in [0.3, 0.4) is 0 Å². The Morgan fingerprint density at radius 3 is 2.54 bits per heavy atom. The number of nitrogens with zero attached hydrogens (tertiary/aromatic N) is 4. The molecule has 150 valence electrons. The first-order valence-electron chi connectivity index (χ1n) is 9.51. The molecule has 1 atom stereocenters. The molecule has 8 heteroatoms. The molecule has 0 aliphatic heterocycles. The van der Waals surface area contributed by atoms with Crippen LogP contribution in [0.1, 0.15) is 64.7 Å². The van der Waals surface area contributed by atoms with Crippen LogP contribution in [-0.2, 0) is 6.42 Å². The maximum absolute atomic E-state index is 4.46. The van der Waals surface area contributed by atoms with Crippen molar-refractivity contribution in [3.63, 3.8) is 0 Å². The van der Waals surface area contributed by atoms with Crippen LogP contribution in [0.4, 0.5) is 0 Å². The Bertz CT molecular complexity index is 554. The molecule has 1 aromatic heterocycles. The third kappa shape index (κ3) is 6.58. The predicted octanol–water partition coefficient (Wildman–Crippen LogP) is 3.88. The third-order valence-electron chi connectivity index (χ3n) is 5.07. The van der Waals surface area contributed by atoms with Crippen molar-refractivity contribution in [3.8, 4) is 0 Å². The highest BCUT2D eigenvalue weighted by atomic mass is 127. The highest BCUT2D eigenvalue weighted by Crippen LogP contribution is 2.33. The first-order valence-corrected chi connectivity index (χ1v) is 10.7. The molecule has 6 nitrogen and oxygen atoms in total. The van der Waals surface area contributed by atoms with E-state index in [4.69, 9.17) is 0 Å². The fourth-order valence-corrected chi connectivity index (χ4v) is 3.75. The normalized spacial score (nSPS) is 16.6. The Hall–Kier alpha value is -0.510. The second-order valence-electron chi connectivity index (χ2n) is 7.19. The number of aliphatic imine (C=N–C) groups is 1. The summed E-state index contributed by atoms with van der Waals surface area (Å²) in [6, 6.07) is 1.00. The van der Waals surface area contributed by atoms with Gasteiger partial charge in [0.2, 0.25) is 0 Å². The van der Waals surface area contributed by atoms with Gasteiger partial charge in [-0.2, -0.15) is 0 Å². The molecule has 2 N–H and O–H groups in total. The van der Waals surface area contributed by atoms with E-state index in [2.05, 4.69) is 57.4 Å². The molecule has 26 heavy (non-hydrogen) atoms. The fraction of sp³-hybridized carbons (Fsp3) is 0.833. The van der Waals surface area contributed by atoms with Gasteiger partial charge in [0.1, 0.15) is 5.82 Å². The van der Waals surface area contributed by atoms with Crippen LogP contribution >= 0.6 is 35.7 Å². The Labute approximate surface area is 179 Å². The van der Waals surface area contributed by atoms with Gasteiger partial charge in [0, 0.05) is 32.1 Å². The molecule has 1 saturated carbocycles. The van der Waals surface area contributed by atoms with Crippen molar-refractivity contribution in [2.45, 2.75) is 76.5 Å². The maximum atomic E-state index is 4.46. The van der Waals surface area contributed by atoms with E-state index in [9.17, 15) is 0 Å². The number of rotatable bonds is 8. The van der Waals surface area contributed by atoms with Gasteiger partial charge in [-0.25, -0.2) is 0 Å². The second kappa shape index (κ2) is 12.0. The van der Waals surface area contributed by atoms with E-state index in [1.54, 1.807) is 11.8 Å². The van der Waals surface area contributed by atoms with Crippen LogP contribution in [0.2, 0.25) is 0 Å². The van der Waals surface area contributed by atoms with Crippen LogP contribution in [0.5, 0.6) is 0 Å². The topological polar surface area (TPSA) is 67.1 Å². The van der Waals surface area contributed by atoms with Crippen LogP contribution in [0, 0.1) is 5.92 Å². The SMILES string of the molecule is CN=C(NCCCc1nnc(SC)n1C1CCCC1)NC(C)C(C)C.I. The number of halogens is 1. The molecule has 1 unspecified atom stereocenters. The molecule has 1 aliphatic carbocycles. The molecule has 0 amide bonds. The van der Waals surface area contributed by atoms with Crippen LogP contribution in [-0.4, -0.2) is 46.6 Å². The summed E-state index contributed by atoms with van der Waals surface area (Å²) in [6.45, 7) is 7.50. The zero-order chi connectivity index (χ0) is 18.2. The minimum absolute atomic E-state index is 0. The number of hydrogen-bond acceptors (Lipinski definition) is 4. The van der Waals surface area contributed by atoms with Crippen molar-refractivity contribution in [2.24, 2.45) is 10.9 Å². The zero-order valence-corrected chi connectivity index (χ0v) is 19.9. The second-order valence-corrected chi connectivity index (χ2v) is 7.96. The predicted molar refractivity (Wildman–Crippen MR) is 122 cm³/mol. The van der Waals surface area contributed by atoms with Crippen LogP contribution < -0.4 is 10.6 Å². The monoisotopic (exact) mass is 494 g/mol. The molecule has 0 spiro atoms. The molecule has 1 aromatic rings. The van der Waals surface area contributed by atoms with E-state index in [1.165, 1.54) is 25.7 Å². The molecule has 0 saturated heterocycles. The number of guanidine groups is 1. The molecular weight excluding hydrogens is 459 g/mol. The van der Waals surface area contributed by atoms with Crippen LogP contribution in [0.15, 0.2) is 10.1 Å². The summed E-state index contributed by atoms with van der Waals surface area (Å²) in [5, 5.41) is 16.8. The molecule has 2 rings (SSSR count). The number of thioether (sulfide) groups is 1. The summed E-state index contributed by atoms with van der Waals surface area (Å²) in [7, 11) is 1.82. The quantitative estimate of drug-likeness (QED) is 0.189. The van der Waals surface area contributed by atoms with Gasteiger partial charge in [-0.05, 0) is 38.4 Å². The van der Waals surface area contributed by atoms with Gasteiger partial charge in [-0.15, -0.1) is 34.2 Å². The van der Waals surface area contributed by atoms with Crippen molar-refractivity contribution in [1.82, 2.24) is 25.4 Å². The molecule has 1 fully saturated rings. The lowest BCUT2D eigenvalue weighted by molar-refractivity contribution is 0.459. The standard InChI is InChI=1S/C18H34N6S.HI/c1-13(2)14(3)21-17(19-4)20-12-8-11-16-22-23-18(25-5)24(16)15-9-6-7-10-15;/h13-15H,6-12H2,1-5H3,(H2,19,20,21);1H. The first kappa shape index (κ1) is 23.5. The van der Waals surface area contributed by atoms with Crippen LogP contribution in [0.25, 0.3) is 0 Å². The molecule has 0 bridgehead atoms. The lowest BCUT2D eigenvalue weighted by Gasteiger charge is -2.21. The summed E-state index contributed by atoms with van der Waals surface area (Å²) < 4.78 is 2.39. The van der Waals surface area contributed by atoms with Gasteiger partial charge >= 0.3 is 0 Å². The minimum Gasteiger partial charge on any atom is -0.356 e. The van der Waals surface area contributed by atoms with E-state index in [1.807, 2.05) is 7.05 Å². The van der Waals surface area contributed by atoms with E-state index < -0.39 is 0 Å². The van der Waals surface area contributed by atoms with Gasteiger partial charge in [0.15, 0.2) is 11.1 Å². The third-order valence-corrected chi connectivity index (χ3v) is 5.71. The number of aryl methyl sites for hydroxylation is 1. The number of aromatic nitrogens is 3. The lowest BCUT2D eigenvalue weighted by atomic mass is 10.1. The average Bonchev–Trinajstić information content (AvgIpc) is 3.25. The smallest absolute Gasteiger partial charge is 0.191 e. The summed E-state index contributed by atoms with van der Waals surface area (Å²) in [6.07, 6.45) is 9.25. The van der Waals surface area contributed by atoms with Crippen molar-refractivity contribution < 1.29 is 0 Å². The van der Waals surface area contributed by atoms with Gasteiger partial charge < -0.3 is 15.2 Å². The summed E-state index contributed by atoms with van der Waals surface area (Å²) in [5.74, 6) is 2.59. The summed E-state index contributed by atoms with van der Waals surface area (Å²) in [4.78, 5) is 4.31. The van der Waals surface area contributed by atoms with Crippen molar-refractivity contribution >= 4 is 41.7 Å². The van der Waals surface area contributed by atoms with Crippen molar-refractivity contribution in [2.75, 3.05) is 19.8 Å². The fourth-order valence-electron chi connectivity index (χ4n) is 3.18. The van der Waals surface area contributed by atoms with Gasteiger partial charge in [-0.1, -0.05) is 38.5 Å². The number of nitrogens with one attached hydrogen (secondary N) is 2. The highest BCUT2D eigenvalue weighted by Gasteiger charge is 2.23. The van der Waals surface area contributed by atoms with Crippen molar-refractivity contribution in [3.05, 3.63) is 5.82 Å². The molecule has 1 aliphatic rings. The van der Waals surface area contributed by atoms with Crippen molar-refractivity contribution in [1.29, 1.82) is 0 Å². The van der Waals surface area contributed by atoms with E-state index in [-0.39, 0.29) is 24.0 Å². The minimum atomic E-state index is 0. The largest absolute Gasteiger partial charge is 0.356 e.